The third-order valence-corrected chi connectivity index (χ3v) is 2.47. The van der Waals surface area contributed by atoms with Crippen molar-refractivity contribution in [2.24, 2.45) is 0 Å². The minimum atomic E-state index is -0.796. The normalized spacial score (nSPS) is 10.0. The monoisotopic (exact) mass is 295 g/mol. The van der Waals surface area contributed by atoms with Gasteiger partial charge in [0.05, 0.1) is 17.4 Å². The molecule has 0 fully saturated rings. The number of aromatic nitrogens is 2. The molecule has 0 bridgehead atoms. The Morgan fingerprint density at radius 1 is 1.29 bits per heavy atom. The van der Waals surface area contributed by atoms with Gasteiger partial charge in [0.2, 0.25) is 5.95 Å². The number of nitrogens with one attached hydrogen (secondary N) is 1. The van der Waals surface area contributed by atoms with Gasteiger partial charge in [-0.05, 0) is 40.2 Å². The first-order valence-electron chi connectivity index (χ1n) is 4.69. The highest BCUT2D eigenvalue weighted by atomic mass is 79.9. The van der Waals surface area contributed by atoms with Crippen LogP contribution in [0, 0.1) is 5.95 Å². The van der Waals surface area contributed by atoms with Crippen LogP contribution in [-0.2, 0) is 0 Å². The smallest absolute Gasteiger partial charge is 0.225 e. The zero-order valence-corrected chi connectivity index (χ0v) is 10.1. The van der Waals surface area contributed by atoms with E-state index in [-0.39, 0.29) is 5.56 Å². The van der Waals surface area contributed by atoms with Gasteiger partial charge in [-0.3, -0.25) is 4.79 Å². The van der Waals surface area contributed by atoms with Gasteiger partial charge in [-0.2, -0.15) is 4.39 Å². The lowest BCUT2D eigenvalue weighted by Gasteiger charge is -2.05. The summed E-state index contributed by atoms with van der Waals surface area (Å²) in [5, 5.41) is 2.87. The topological polar surface area (TPSA) is 54.9 Å². The zero-order chi connectivity index (χ0) is 12.3. The molecule has 0 spiro atoms. The molecule has 0 unspecified atom stereocenters. The number of hydrogen-bond donors (Lipinski definition) is 1. The van der Waals surface area contributed by atoms with Gasteiger partial charge in [-0.25, -0.2) is 9.97 Å². The third-order valence-electron chi connectivity index (χ3n) is 2.00. The Morgan fingerprint density at radius 2 is 2.12 bits per heavy atom. The molecule has 0 aliphatic heterocycles. The molecule has 2 rings (SSSR count). The molecule has 0 aliphatic rings. The number of aldehydes is 1. The van der Waals surface area contributed by atoms with E-state index in [0.717, 1.165) is 0 Å². The van der Waals surface area contributed by atoms with Crippen LogP contribution in [0.2, 0.25) is 0 Å². The molecule has 2 heterocycles. The maximum atomic E-state index is 13.2. The molecule has 0 radical (unpaired) electrons. The number of nitrogens with zero attached hydrogens (tertiary/aromatic N) is 2. The third kappa shape index (κ3) is 2.85. The predicted molar refractivity (Wildman–Crippen MR) is 64.8 cm³/mol. The molecule has 0 aromatic carbocycles. The van der Waals surface area contributed by atoms with Gasteiger partial charge in [0.1, 0.15) is 10.4 Å². The number of hydrogen-bond acceptors (Lipinski definition) is 4. The van der Waals surface area contributed by atoms with E-state index in [0.29, 0.717) is 22.4 Å². The second-order valence-corrected chi connectivity index (χ2v) is 4.00. The highest BCUT2D eigenvalue weighted by Crippen LogP contribution is 2.16. The molecule has 0 amide bonds. The van der Waals surface area contributed by atoms with Gasteiger partial charge in [-0.15, -0.1) is 0 Å². The second kappa shape index (κ2) is 5.01. The van der Waals surface area contributed by atoms with E-state index in [1.165, 1.54) is 12.1 Å². The lowest BCUT2D eigenvalue weighted by molar-refractivity contribution is 0.111. The van der Waals surface area contributed by atoms with E-state index in [2.05, 4.69) is 31.2 Å². The van der Waals surface area contributed by atoms with E-state index >= 15 is 0 Å². The standard InChI is InChI=1S/C11H7BrFN3O/c12-9-3-2-8(5-14-9)15-10-4-1-7(6-17)11(13)16-10/h1-6H,(H,15,16). The number of carbonyl (C=O) groups is 1. The van der Waals surface area contributed by atoms with Crippen LogP contribution in [0.4, 0.5) is 15.9 Å². The summed E-state index contributed by atoms with van der Waals surface area (Å²) in [6.45, 7) is 0. The molecular formula is C11H7BrFN3O. The molecule has 86 valence electrons. The Hall–Kier alpha value is -1.82. The summed E-state index contributed by atoms with van der Waals surface area (Å²) in [4.78, 5) is 18.0. The van der Waals surface area contributed by atoms with Crippen molar-refractivity contribution in [1.82, 2.24) is 9.97 Å². The van der Waals surface area contributed by atoms with Gasteiger partial charge in [0, 0.05) is 0 Å². The minimum Gasteiger partial charge on any atom is -0.339 e. The maximum Gasteiger partial charge on any atom is 0.225 e. The lowest BCUT2D eigenvalue weighted by Crippen LogP contribution is -1.98. The van der Waals surface area contributed by atoms with E-state index in [4.69, 9.17) is 0 Å². The summed E-state index contributed by atoms with van der Waals surface area (Å²) < 4.78 is 13.9. The maximum absolute atomic E-state index is 13.2. The van der Waals surface area contributed by atoms with Crippen LogP contribution in [0.1, 0.15) is 10.4 Å². The molecule has 0 saturated heterocycles. The average molecular weight is 296 g/mol. The SMILES string of the molecule is O=Cc1ccc(Nc2ccc(Br)nc2)nc1F. The van der Waals surface area contributed by atoms with Crippen molar-refractivity contribution >= 4 is 33.7 Å². The van der Waals surface area contributed by atoms with Crippen LogP contribution in [0.25, 0.3) is 0 Å². The Kier molecular flexibility index (Phi) is 3.43. The van der Waals surface area contributed by atoms with Crippen molar-refractivity contribution in [3.05, 3.63) is 46.6 Å². The second-order valence-electron chi connectivity index (χ2n) is 3.19. The summed E-state index contributed by atoms with van der Waals surface area (Å²) in [5.74, 6) is -0.479. The molecule has 4 nitrogen and oxygen atoms in total. The largest absolute Gasteiger partial charge is 0.339 e. The van der Waals surface area contributed by atoms with Crippen molar-refractivity contribution in [2.75, 3.05) is 5.32 Å². The zero-order valence-electron chi connectivity index (χ0n) is 8.52. The summed E-state index contributed by atoms with van der Waals surface area (Å²) in [6, 6.07) is 6.40. The number of pyridine rings is 2. The van der Waals surface area contributed by atoms with Crippen molar-refractivity contribution in [3.63, 3.8) is 0 Å². The number of rotatable bonds is 3. The minimum absolute atomic E-state index is 0.0653. The summed E-state index contributed by atoms with van der Waals surface area (Å²) in [5.41, 5.74) is 0.614. The fourth-order valence-corrected chi connectivity index (χ4v) is 1.43. The van der Waals surface area contributed by atoms with Crippen LogP contribution >= 0.6 is 15.9 Å². The molecule has 0 atom stereocenters. The van der Waals surface area contributed by atoms with E-state index in [1.807, 2.05) is 0 Å². The van der Waals surface area contributed by atoms with E-state index in [1.54, 1.807) is 18.3 Å². The lowest BCUT2D eigenvalue weighted by atomic mass is 10.3. The average Bonchev–Trinajstić information content (AvgIpc) is 2.32. The molecule has 6 heteroatoms. The van der Waals surface area contributed by atoms with Crippen LogP contribution in [0.15, 0.2) is 35.1 Å². The molecule has 2 aromatic rings. The van der Waals surface area contributed by atoms with E-state index in [9.17, 15) is 9.18 Å². The summed E-state index contributed by atoms with van der Waals surface area (Å²) >= 11 is 3.21. The Morgan fingerprint density at radius 3 is 2.71 bits per heavy atom. The van der Waals surface area contributed by atoms with Gasteiger partial charge < -0.3 is 5.32 Å². The predicted octanol–water partition coefficient (Wildman–Crippen LogP) is 2.93. The Labute approximate surface area is 105 Å². The molecule has 1 N–H and O–H groups in total. The van der Waals surface area contributed by atoms with E-state index < -0.39 is 5.95 Å². The van der Waals surface area contributed by atoms with Crippen molar-refractivity contribution in [2.45, 2.75) is 0 Å². The van der Waals surface area contributed by atoms with Crippen molar-refractivity contribution < 1.29 is 9.18 Å². The van der Waals surface area contributed by atoms with Gasteiger partial charge in [-0.1, -0.05) is 0 Å². The fourth-order valence-electron chi connectivity index (χ4n) is 1.20. The number of halogens is 2. The number of carbonyl (C=O) groups excluding carboxylic acids is 1. The first-order valence-corrected chi connectivity index (χ1v) is 5.48. The molecule has 0 saturated carbocycles. The van der Waals surface area contributed by atoms with Crippen LogP contribution in [0.5, 0.6) is 0 Å². The fraction of sp³-hybridized carbons (Fsp3) is 0. The first-order chi connectivity index (χ1) is 8.19. The van der Waals surface area contributed by atoms with Gasteiger partial charge >= 0.3 is 0 Å². The van der Waals surface area contributed by atoms with Crippen molar-refractivity contribution in [3.8, 4) is 0 Å². The number of anilines is 2. The summed E-state index contributed by atoms with van der Waals surface area (Å²) in [7, 11) is 0. The Bertz CT molecular complexity index is 545. The summed E-state index contributed by atoms with van der Waals surface area (Å²) in [6.07, 6.45) is 2.00. The molecule has 2 aromatic heterocycles. The van der Waals surface area contributed by atoms with Crippen LogP contribution in [0.3, 0.4) is 0 Å². The van der Waals surface area contributed by atoms with Gasteiger partial charge in [0.25, 0.3) is 0 Å². The Balaban J connectivity index is 2.21. The first kappa shape index (κ1) is 11.7. The van der Waals surface area contributed by atoms with Gasteiger partial charge in [0.15, 0.2) is 6.29 Å². The molecular weight excluding hydrogens is 289 g/mol. The molecule has 17 heavy (non-hydrogen) atoms. The molecule has 0 aliphatic carbocycles. The highest BCUT2D eigenvalue weighted by molar-refractivity contribution is 9.10. The van der Waals surface area contributed by atoms with Crippen molar-refractivity contribution in [1.29, 1.82) is 0 Å². The quantitative estimate of drug-likeness (QED) is 0.699. The van der Waals surface area contributed by atoms with Crippen LogP contribution in [-0.4, -0.2) is 16.3 Å². The highest BCUT2D eigenvalue weighted by Gasteiger charge is 2.04. The van der Waals surface area contributed by atoms with Crippen LogP contribution < -0.4 is 5.32 Å².